The van der Waals surface area contributed by atoms with Gasteiger partial charge in [0.05, 0.1) is 5.56 Å². The zero-order valence-corrected chi connectivity index (χ0v) is 11.5. The van der Waals surface area contributed by atoms with Crippen LogP contribution < -0.4 is 10.1 Å². The molecule has 0 aliphatic carbocycles. The van der Waals surface area contributed by atoms with Crippen LogP contribution in [-0.2, 0) is 11.0 Å². The normalized spacial score (nSPS) is 11.2. The Bertz CT molecular complexity index is 695. The average Bonchev–Trinajstić information content (AvgIpc) is 2.43. The van der Waals surface area contributed by atoms with Gasteiger partial charge in [-0.3, -0.25) is 4.79 Å². The summed E-state index contributed by atoms with van der Waals surface area (Å²) in [6.45, 7) is -0.612. The fourth-order valence-corrected chi connectivity index (χ4v) is 1.73. The third-order valence-corrected chi connectivity index (χ3v) is 2.68. The minimum atomic E-state index is -4.53. The van der Waals surface area contributed by atoms with Gasteiger partial charge in [-0.15, -0.1) is 0 Å². The maximum absolute atomic E-state index is 13.0. The lowest BCUT2D eigenvalue weighted by molar-refractivity contribution is -0.137. The summed E-state index contributed by atoms with van der Waals surface area (Å²) in [6.07, 6.45) is -4.53. The number of halogens is 5. The van der Waals surface area contributed by atoms with E-state index in [4.69, 9.17) is 4.74 Å². The molecule has 1 N–H and O–H groups in total. The van der Waals surface area contributed by atoms with Gasteiger partial charge in [-0.25, -0.2) is 8.78 Å². The molecule has 0 unspecified atom stereocenters. The number of benzene rings is 2. The molecule has 23 heavy (non-hydrogen) atoms. The van der Waals surface area contributed by atoms with E-state index in [-0.39, 0.29) is 11.4 Å². The molecule has 2 aromatic carbocycles. The molecule has 0 radical (unpaired) electrons. The van der Waals surface area contributed by atoms with E-state index in [1.807, 2.05) is 0 Å². The quantitative estimate of drug-likeness (QED) is 0.860. The smallest absolute Gasteiger partial charge is 0.416 e. The second kappa shape index (κ2) is 6.64. The van der Waals surface area contributed by atoms with Crippen LogP contribution in [-0.4, -0.2) is 12.5 Å². The summed E-state index contributed by atoms with van der Waals surface area (Å²) in [5.41, 5.74) is -1.04. The molecule has 0 aliphatic rings. The third-order valence-electron chi connectivity index (χ3n) is 2.68. The van der Waals surface area contributed by atoms with Crippen molar-refractivity contribution >= 4 is 11.6 Å². The molecule has 2 aromatic rings. The predicted octanol–water partition coefficient (Wildman–Crippen LogP) is 4.00. The first-order chi connectivity index (χ1) is 10.7. The highest BCUT2D eigenvalue weighted by Gasteiger charge is 2.30. The molecule has 0 spiro atoms. The molecule has 0 saturated carbocycles. The van der Waals surface area contributed by atoms with Crippen molar-refractivity contribution in [3.63, 3.8) is 0 Å². The predicted molar refractivity (Wildman–Crippen MR) is 71.9 cm³/mol. The highest BCUT2D eigenvalue weighted by Crippen LogP contribution is 2.31. The first kappa shape index (κ1) is 16.7. The van der Waals surface area contributed by atoms with Crippen LogP contribution in [0.25, 0.3) is 0 Å². The van der Waals surface area contributed by atoms with Gasteiger partial charge in [0.15, 0.2) is 6.61 Å². The molecule has 0 atom stereocenters. The van der Waals surface area contributed by atoms with Crippen LogP contribution in [0.15, 0.2) is 42.5 Å². The first-order valence-electron chi connectivity index (χ1n) is 6.30. The zero-order chi connectivity index (χ0) is 17.0. The van der Waals surface area contributed by atoms with E-state index in [2.05, 4.69) is 5.32 Å². The van der Waals surface area contributed by atoms with Crippen molar-refractivity contribution in [3.8, 4) is 5.75 Å². The van der Waals surface area contributed by atoms with Crippen LogP contribution in [0.5, 0.6) is 5.75 Å². The van der Waals surface area contributed by atoms with Crippen LogP contribution in [0.3, 0.4) is 0 Å². The first-order valence-corrected chi connectivity index (χ1v) is 6.30. The van der Waals surface area contributed by atoms with Crippen molar-refractivity contribution in [2.75, 3.05) is 11.9 Å². The summed E-state index contributed by atoms with van der Waals surface area (Å²) in [6, 6.07) is 6.42. The summed E-state index contributed by atoms with van der Waals surface area (Å²) < 4.78 is 68.4. The summed E-state index contributed by atoms with van der Waals surface area (Å²) >= 11 is 0. The molecule has 0 heterocycles. The highest BCUT2D eigenvalue weighted by molar-refractivity contribution is 5.91. The van der Waals surface area contributed by atoms with Gasteiger partial charge in [0.25, 0.3) is 5.91 Å². The van der Waals surface area contributed by atoms with E-state index in [9.17, 15) is 26.7 Å². The number of alkyl halides is 3. The van der Waals surface area contributed by atoms with Gasteiger partial charge in [0, 0.05) is 11.8 Å². The minimum absolute atomic E-state index is 0.125. The summed E-state index contributed by atoms with van der Waals surface area (Å²) in [7, 11) is 0. The Kier molecular flexibility index (Phi) is 4.83. The molecule has 0 aliphatic heterocycles. The summed E-state index contributed by atoms with van der Waals surface area (Å²) in [5, 5.41) is 2.17. The summed E-state index contributed by atoms with van der Waals surface area (Å²) in [4.78, 5) is 11.6. The van der Waals surface area contributed by atoms with E-state index < -0.39 is 35.9 Å². The van der Waals surface area contributed by atoms with Crippen molar-refractivity contribution in [1.29, 1.82) is 0 Å². The Balaban J connectivity index is 1.97. The Morgan fingerprint density at radius 3 is 2.30 bits per heavy atom. The van der Waals surface area contributed by atoms with E-state index in [0.717, 1.165) is 30.3 Å². The fraction of sp³-hybridized carbons (Fsp3) is 0.133. The van der Waals surface area contributed by atoms with Crippen molar-refractivity contribution in [1.82, 2.24) is 0 Å². The van der Waals surface area contributed by atoms with Gasteiger partial charge in [-0.1, -0.05) is 6.07 Å². The average molecular weight is 331 g/mol. The molecular formula is C15H10F5NO2. The van der Waals surface area contributed by atoms with E-state index in [1.54, 1.807) is 0 Å². The Morgan fingerprint density at radius 2 is 1.70 bits per heavy atom. The number of rotatable bonds is 4. The molecule has 1 amide bonds. The molecule has 0 aromatic heterocycles. The van der Waals surface area contributed by atoms with Crippen LogP contribution in [0, 0.1) is 11.6 Å². The summed E-state index contributed by atoms with van der Waals surface area (Å²) in [5.74, 6) is -2.67. The van der Waals surface area contributed by atoms with E-state index in [0.29, 0.717) is 6.07 Å². The van der Waals surface area contributed by atoms with Crippen LogP contribution in [0.1, 0.15) is 5.56 Å². The van der Waals surface area contributed by atoms with Crippen LogP contribution in [0.4, 0.5) is 27.6 Å². The van der Waals surface area contributed by atoms with Gasteiger partial charge in [-0.2, -0.15) is 13.2 Å². The SMILES string of the molecule is O=C(COc1cccc(C(F)(F)F)c1)Nc1cc(F)cc(F)c1. The van der Waals surface area contributed by atoms with Crippen molar-refractivity contribution in [2.24, 2.45) is 0 Å². The number of anilines is 1. The molecule has 122 valence electrons. The number of carbonyl (C=O) groups is 1. The number of ether oxygens (including phenoxy) is 1. The third kappa shape index (κ3) is 4.94. The molecule has 3 nitrogen and oxygen atoms in total. The largest absolute Gasteiger partial charge is 0.484 e. The van der Waals surface area contributed by atoms with Gasteiger partial charge in [-0.05, 0) is 30.3 Å². The topological polar surface area (TPSA) is 38.3 Å². The van der Waals surface area contributed by atoms with Gasteiger partial charge >= 0.3 is 6.18 Å². The highest BCUT2D eigenvalue weighted by atomic mass is 19.4. The number of amides is 1. The fourth-order valence-electron chi connectivity index (χ4n) is 1.73. The second-order valence-corrected chi connectivity index (χ2v) is 4.52. The molecular weight excluding hydrogens is 321 g/mol. The maximum Gasteiger partial charge on any atom is 0.416 e. The second-order valence-electron chi connectivity index (χ2n) is 4.52. The lowest BCUT2D eigenvalue weighted by Gasteiger charge is -2.10. The molecule has 0 bridgehead atoms. The Labute approximate surface area is 127 Å². The lowest BCUT2D eigenvalue weighted by Crippen LogP contribution is -2.20. The molecule has 2 rings (SSSR count). The lowest BCUT2D eigenvalue weighted by atomic mass is 10.2. The Hall–Kier alpha value is -2.64. The van der Waals surface area contributed by atoms with Gasteiger partial charge in [0.2, 0.25) is 0 Å². The van der Waals surface area contributed by atoms with Crippen molar-refractivity contribution in [2.45, 2.75) is 6.18 Å². The zero-order valence-electron chi connectivity index (χ0n) is 11.5. The van der Waals surface area contributed by atoms with E-state index in [1.165, 1.54) is 6.07 Å². The monoisotopic (exact) mass is 331 g/mol. The van der Waals surface area contributed by atoms with Crippen LogP contribution >= 0.6 is 0 Å². The molecule has 8 heteroatoms. The number of carbonyl (C=O) groups excluding carboxylic acids is 1. The standard InChI is InChI=1S/C15H10F5NO2/c16-10-5-11(17)7-12(6-10)21-14(22)8-23-13-3-1-2-9(4-13)15(18,19)20/h1-7H,8H2,(H,21,22). The van der Waals surface area contributed by atoms with Crippen LogP contribution in [0.2, 0.25) is 0 Å². The van der Waals surface area contributed by atoms with Crippen molar-refractivity contribution < 1.29 is 31.5 Å². The number of nitrogens with one attached hydrogen (secondary N) is 1. The maximum atomic E-state index is 13.0. The Morgan fingerprint density at radius 1 is 1.04 bits per heavy atom. The van der Waals surface area contributed by atoms with Crippen molar-refractivity contribution in [3.05, 3.63) is 59.7 Å². The van der Waals surface area contributed by atoms with Gasteiger partial charge in [0.1, 0.15) is 17.4 Å². The number of hydrogen-bond acceptors (Lipinski definition) is 2. The minimum Gasteiger partial charge on any atom is -0.484 e. The molecule has 0 saturated heterocycles. The van der Waals surface area contributed by atoms with Gasteiger partial charge < -0.3 is 10.1 Å². The molecule has 0 fully saturated rings. The number of hydrogen-bond donors (Lipinski definition) is 1. The van der Waals surface area contributed by atoms with E-state index >= 15 is 0 Å².